The number of aromatic nitrogens is 1. The second-order valence-electron chi connectivity index (χ2n) is 5.56. The fraction of sp³-hybridized carbons (Fsp3) is 0.600. The summed E-state index contributed by atoms with van der Waals surface area (Å²) >= 11 is 0. The highest BCUT2D eigenvalue weighted by Gasteiger charge is 2.34. The monoisotopic (exact) mass is 274 g/mol. The van der Waals surface area contributed by atoms with Crippen LogP contribution in [0.2, 0.25) is 0 Å². The van der Waals surface area contributed by atoms with Crippen molar-refractivity contribution < 1.29 is 4.74 Å². The van der Waals surface area contributed by atoms with Gasteiger partial charge in [-0.15, -0.1) is 0 Å². The third kappa shape index (κ3) is 3.09. The topological polar surface area (TPSA) is 61.2 Å². The van der Waals surface area contributed by atoms with Crippen LogP contribution >= 0.6 is 0 Å². The van der Waals surface area contributed by atoms with Crippen LogP contribution in [0.25, 0.3) is 0 Å². The molecule has 0 saturated carbocycles. The molecule has 0 aliphatic carbocycles. The number of aryl methyl sites for hydroxylation is 1. The molecule has 1 aromatic heterocycles. The van der Waals surface area contributed by atoms with E-state index >= 15 is 0 Å². The highest BCUT2D eigenvalue weighted by molar-refractivity contribution is 5.42. The Morgan fingerprint density at radius 1 is 1.40 bits per heavy atom. The summed E-state index contributed by atoms with van der Waals surface area (Å²) in [5.41, 5.74) is 1.49. The van der Waals surface area contributed by atoms with Gasteiger partial charge in [0.25, 0.3) is 0 Å². The van der Waals surface area contributed by atoms with Gasteiger partial charge >= 0.3 is 0 Å². The summed E-state index contributed by atoms with van der Waals surface area (Å²) < 4.78 is 5.47. The molecule has 0 aromatic carbocycles. The average Bonchev–Trinajstić information content (AvgIpc) is 2.47. The summed E-state index contributed by atoms with van der Waals surface area (Å²) in [5, 5.41) is 12.4. The van der Waals surface area contributed by atoms with Crippen LogP contribution in [0.15, 0.2) is 12.1 Å². The molecule has 1 aliphatic heterocycles. The molecule has 5 nitrogen and oxygen atoms in total. The van der Waals surface area contributed by atoms with Crippen LogP contribution in [-0.2, 0) is 4.74 Å². The van der Waals surface area contributed by atoms with Gasteiger partial charge < -0.3 is 15.0 Å². The SMILES string of the molecule is Cc1ccc(NCC2(N(C)C)CCOCC2)nc1C#N. The Hall–Kier alpha value is -1.64. The normalized spacial score (nSPS) is 17.8. The molecule has 5 heteroatoms. The average molecular weight is 274 g/mol. The molecule has 1 aromatic rings. The highest BCUT2D eigenvalue weighted by Crippen LogP contribution is 2.26. The third-order valence-electron chi connectivity index (χ3n) is 4.17. The minimum absolute atomic E-state index is 0.0949. The van der Waals surface area contributed by atoms with Crippen LogP contribution in [0, 0.1) is 18.3 Å². The number of likely N-dealkylation sites (N-methyl/N-ethyl adjacent to an activating group) is 1. The first-order chi connectivity index (χ1) is 9.57. The van der Waals surface area contributed by atoms with Gasteiger partial charge in [-0.1, -0.05) is 6.07 Å². The Morgan fingerprint density at radius 2 is 2.10 bits per heavy atom. The molecule has 20 heavy (non-hydrogen) atoms. The predicted octanol–water partition coefficient (Wildman–Crippen LogP) is 1.78. The molecule has 0 spiro atoms. The second kappa shape index (κ2) is 6.21. The zero-order valence-electron chi connectivity index (χ0n) is 12.4. The molecule has 1 aliphatic rings. The lowest BCUT2D eigenvalue weighted by molar-refractivity contribution is -0.000664. The van der Waals surface area contributed by atoms with Crippen molar-refractivity contribution in [3.05, 3.63) is 23.4 Å². The number of rotatable bonds is 4. The van der Waals surface area contributed by atoms with Crippen molar-refractivity contribution in [2.45, 2.75) is 25.3 Å². The molecule has 108 valence electrons. The van der Waals surface area contributed by atoms with E-state index in [9.17, 15) is 0 Å². The number of hydrogen-bond acceptors (Lipinski definition) is 5. The fourth-order valence-corrected chi connectivity index (χ4v) is 2.53. The predicted molar refractivity (Wildman–Crippen MR) is 78.6 cm³/mol. The minimum atomic E-state index is 0.0949. The minimum Gasteiger partial charge on any atom is -0.381 e. The van der Waals surface area contributed by atoms with E-state index in [2.05, 4.69) is 35.4 Å². The zero-order chi connectivity index (χ0) is 14.6. The highest BCUT2D eigenvalue weighted by atomic mass is 16.5. The molecular weight excluding hydrogens is 252 g/mol. The van der Waals surface area contributed by atoms with E-state index in [1.54, 1.807) is 0 Å². The lowest BCUT2D eigenvalue weighted by atomic mass is 9.88. The Bertz CT molecular complexity index is 501. The van der Waals surface area contributed by atoms with Crippen molar-refractivity contribution in [2.75, 3.05) is 39.2 Å². The number of pyridine rings is 1. The fourth-order valence-electron chi connectivity index (χ4n) is 2.53. The van der Waals surface area contributed by atoms with E-state index in [0.29, 0.717) is 5.69 Å². The first-order valence-electron chi connectivity index (χ1n) is 6.94. The molecule has 1 saturated heterocycles. The maximum Gasteiger partial charge on any atom is 0.145 e. The summed E-state index contributed by atoms with van der Waals surface area (Å²) in [6, 6.07) is 5.98. The summed E-state index contributed by atoms with van der Waals surface area (Å²) in [6.45, 7) is 4.30. The smallest absolute Gasteiger partial charge is 0.145 e. The molecule has 2 heterocycles. The Labute approximate surface area is 120 Å². The van der Waals surface area contributed by atoms with Crippen molar-refractivity contribution in [3.8, 4) is 6.07 Å². The van der Waals surface area contributed by atoms with Gasteiger partial charge in [0.05, 0.1) is 0 Å². The van der Waals surface area contributed by atoms with E-state index < -0.39 is 0 Å². The summed E-state index contributed by atoms with van der Waals surface area (Å²) in [7, 11) is 4.21. The van der Waals surface area contributed by atoms with E-state index in [1.807, 2.05) is 19.1 Å². The van der Waals surface area contributed by atoms with Gasteiger partial charge in [0.2, 0.25) is 0 Å². The largest absolute Gasteiger partial charge is 0.381 e. The molecule has 0 bridgehead atoms. The Balaban J connectivity index is 2.08. The Kier molecular flexibility index (Phi) is 4.58. The van der Waals surface area contributed by atoms with Crippen LogP contribution in [0.3, 0.4) is 0 Å². The number of nitrogens with zero attached hydrogens (tertiary/aromatic N) is 3. The first kappa shape index (κ1) is 14.8. The molecule has 1 N–H and O–H groups in total. The molecule has 1 fully saturated rings. The Morgan fingerprint density at radius 3 is 2.70 bits per heavy atom. The van der Waals surface area contributed by atoms with Gasteiger partial charge in [-0.2, -0.15) is 5.26 Å². The van der Waals surface area contributed by atoms with E-state index in [-0.39, 0.29) is 5.54 Å². The second-order valence-corrected chi connectivity index (χ2v) is 5.56. The molecule has 0 atom stereocenters. The van der Waals surface area contributed by atoms with E-state index in [4.69, 9.17) is 10.00 Å². The van der Waals surface area contributed by atoms with Gasteiger partial charge in [-0.05, 0) is 45.5 Å². The lowest BCUT2D eigenvalue weighted by Crippen LogP contribution is -2.53. The van der Waals surface area contributed by atoms with Gasteiger partial charge in [0.15, 0.2) is 0 Å². The standard InChI is InChI=1S/C15H22N4O/c1-12-4-5-14(18-13(12)10-16)17-11-15(19(2)3)6-8-20-9-7-15/h4-5H,6-9,11H2,1-3H3,(H,17,18). The van der Waals surface area contributed by atoms with Crippen LogP contribution in [0.4, 0.5) is 5.82 Å². The number of anilines is 1. The van der Waals surface area contributed by atoms with Crippen molar-refractivity contribution >= 4 is 5.82 Å². The molecule has 2 rings (SSSR count). The number of nitrogens with one attached hydrogen (secondary N) is 1. The van der Waals surface area contributed by atoms with Gasteiger partial charge in [0.1, 0.15) is 17.6 Å². The lowest BCUT2D eigenvalue weighted by Gasteiger charge is -2.43. The molecular formula is C15H22N4O. The van der Waals surface area contributed by atoms with Gasteiger partial charge in [0, 0.05) is 25.3 Å². The van der Waals surface area contributed by atoms with E-state index in [0.717, 1.165) is 44.0 Å². The number of hydrogen-bond donors (Lipinski definition) is 1. The van der Waals surface area contributed by atoms with Crippen LogP contribution in [-0.4, -0.2) is 49.3 Å². The van der Waals surface area contributed by atoms with Crippen molar-refractivity contribution in [3.63, 3.8) is 0 Å². The zero-order valence-corrected chi connectivity index (χ0v) is 12.4. The van der Waals surface area contributed by atoms with E-state index in [1.165, 1.54) is 0 Å². The molecule has 0 radical (unpaired) electrons. The van der Waals surface area contributed by atoms with Crippen LogP contribution in [0.5, 0.6) is 0 Å². The van der Waals surface area contributed by atoms with Crippen LogP contribution in [0.1, 0.15) is 24.1 Å². The molecule has 0 unspecified atom stereocenters. The van der Waals surface area contributed by atoms with Gasteiger partial charge in [-0.25, -0.2) is 4.98 Å². The van der Waals surface area contributed by atoms with Crippen molar-refractivity contribution in [2.24, 2.45) is 0 Å². The summed E-state index contributed by atoms with van der Waals surface area (Å²) in [4.78, 5) is 6.61. The first-order valence-corrected chi connectivity index (χ1v) is 6.94. The maximum atomic E-state index is 9.03. The molecule has 0 amide bonds. The quantitative estimate of drug-likeness (QED) is 0.907. The third-order valence-corrected chi connectivity index (χ3v) is 4.17. The summed E-state index contributed by atoms with van der Waals surface area (Å²) in [5.74, 6) is 0.764. The van der Waals surface area contributed by atoms with Crippen molar-refractivity contribution in [1.82, 2.24) is 9.88 Å². The van der Waals surface area contributed by atoms with Crippen molar-refractivity contribution in [1.29, 1.82) is 5.26 Å². The number of ether oxygens (including phenoxy) is 1. The maximum absolute atomic E-state index is 9.03. The summed E-state index contributed by atoms with van der Waals surface area (Å²) in [6.07, 6.45) is 2.01. The van der Waals surface area contributed by atoms with Gasteiger partial charge in [-0.3, -0.25) is 0 Å². The van der Waals surface area contributed by atoms with Crippen LogP contribution < -0.4 is 5.32 Å². The number of nitriles is 1.